The molecule has 0 atom stereocenters. The van der Waals surface area contributed by atoms with E-state index in [1.54, 1.807) is 30.6 Å². The summed E-state index contributed by atoms with van der Waals surface area (Å²) in [5.41, 5.74) is 2.55. The Labute approximate surface area is 98.6 Å². The summed E-state index contributed by atoms with van der Waals surface area (Å²) in [5.74, 6) is -0.0606. The maximum absolute atomic E-state index is 11.1. The summed E-state index contributed by atoms with van der Waals surface area (Å²) < 4.78 is 0. The van der Waals surface area contributed by atoms with E-state index in [-0.39, 0.29) is 5.78 Å². The SMILES string of the molecule is CC(=O)c1ccc(-c2ccc(C#N)nc2)cn1. The van der Waals surface area contributed by atoms with E-state index in [1.807, 2.05) is 12.1 Å². The van der Waals surface area contributed by atoms with Gasteiger partial charge in [0.1, 0.15) is 17.5 Å². The number of carbonyl (C=O) groups excluding carboxylic acids is 1. The smallest absolute Gasteiger partial charge is 0.178 e. The van der Waals surface area contributed by atoms with E-state index < -0.39 is 0 Å². The van der Waals surface area contributed by atoms with Crippen molar-refractivity contribution >= 4 is 5.78 Å². The molecule has 0 spiro atoms. The van der Waals surface area contributed by atoms with Crippen LogP contribution in [-0.2, 0) is 0 Å². The monoisotopic (exact) mass is 223 g/mol. The molecule has 2 aromatic heterocycles. The molecule has 82 valence electrons. The van der Waals surface area contributed by atoms with Gasteiger partial charge in [-0.25, -0.2) is 4.98 Å². The highest BCUT2D eigenvalue weighted by Crippen LogP contribution is 2.17. The molecule has 2 heterocycles. The highest BCUT2D eigenvalue weighted by Gasteiger charge is 2.03. The maximum atomic E-state index is 11.1. The van der Waals surface area contributed by atoms with E-state index in [4.69, 9.17) is 5.26 Å². The van der Waals surface area contributed by atoms with Gasteiger partial charge in [0.2, 0.25) is 0 Å². The third-order valence-electron chi connectivity index (χ3n) is 2.34. The summed E-state index contributed by atoms with van der Waals surface area (Å²) in [7, 11) is 0. The van der Waals surface area contributed by atoms with Crippen molar-refractivity contribution < 1.29 is 4.79 Å². The van der Waals surface area contributed by atoms with Gasteiger partial charge in [0.05, 0.1) is 0 Å². The largest absolute Gasteiger partial charge is 0.293 e. The number of aromatic nitrogens is 2. The Morgan fingerprint density at radius 3 is 2.18 bits per heavy atom. The first-order chi connectivity index (χ1) is 8.20. The van der Waals surface area contributed by atoms with Gasteiger partial charge < -0.3 is 0 Å². The second-order valence-corrected chi connectivity index (χ2v) is 3.53. The van der Waals surface area contributed by atoms with Crippen LogP contribution in [0.3, 0.4) is 0 Å². The summed E-state index contributed by atoms with van der Waals surface area (Å²) in [6, 6.07) is 8.90. The molecule has 0 saturated carbocycles. The summed E-state index contributed by atoms with van der Waals surface area (Å²) in [4.78, 5) is 19.1. The number of pyridine rings is 2. The van der Waals surface area contributed by atoms with Crippen LogP contribution in [0.2, 0.25) is 0 Å². The number of nitrogens with zero attached hydrogens (tertiary/aromatic N) is 3. The Kier molecular flexibility index (Phi) is 2.93. The standard InChI is InChI=1S/C13H9N3O/c1-9(17)13-5-3-11(8-16-13)10-2-4-12(6-14)15-7-10/h2-5,7-8H,1H3. The summed E-state index contributed by atoms with van der Waals surface area (Å²) in [5, 5.41) is 8.63. The van der Waals surface area contributed by atoms with Crippen LogP contribution in [0.25, 0.3) is 11.1 Å². The van der Waals surface area contributed by atoms with Crippen LogP contribution in [0, 0.1) is 11.3 Å². The number of rotatable bonds is 2. The van der Waals surface area contributed by atoms with E-state index in [9.17, 15) is 4.79 Å². The van der Waals surface area contributed by atoms with Crippen LogP contribution in [0.5, 0.6) is 0 Å². The average molecular weight is 223 g/mol. The molecule has 2 aromatic rings. The molecule has 0 aliphatic heterocycles. The Balaban J connectivity index is 2.33. The summed E-state index contributed by atoms with van der Waals surface area (Å²) in [6.07, 6.45) is 3.24. The Hall–Kier alpha value is -2.54. The highest BCUT2D eigenvalue weighted by molar-refractivity contribution is 5.92. The number of hydrogen-bond donors (Lipinski definition) is 0. The first-order valence-electron chi connectivity index (χ1n) is 5.04. The van der Waals surface area contributed by atoms with Crippen molar-refractivity contribution in [1.29, 1.82) is 5.26 Å². The topological polar surface area (TPSA) is 66.6 Å². The fraction of sp³-hybridized carbons (Fsp3) is 0.0769. The zero-order valence-corrected chi connectivity index (χ0v) is 9.21. The van der Waals surface area contributed by atoms with Crippen molar-refractivity contribution in [3.63, 3.8) is 0 Å². The van der Waals surface area contributed by atoms with Crippen molar-refractivity contribution in [2.45, 2.75) is 6.92 Å². The van der Waals surface area contributed by atoms with Crippen LogP contribution in [0.1, 0.15) is 23.1 Å². The fourth-order valence-corrected chi connectivity index (χ4v) is 1.40. The van der Waals surface area contributed by atoms with Crippen molar-refractivity contribution in [2.75, 3.05) is 0 Å². The molecule has 0 aliphatic carbocycles. The Morgan fingerprint density at radius 1 is 1.12 bits per heavy atom. The molecule has 0 aromatic carbocycles. The predicted octanol–water partition coefficient (Wildman–Crippen LogP) is 2.22. The van der Waals surface area contributed by atoms with E-state index in [1.165, 1.54) is 6.92 Å². The van der Waals surface area contributed by atoms with Crippen LogP contribution in [0.4, 0.5) is 0 Å². The second kappa shape index (κ2) is 4.54. The van der Waals surface area contributed by atoms with E-state index in [0.717, 1.165) is 11.1 Å². The Morgan fingerprint density at radius 2 is 1.76 bits per heavy atom. The van der Waals surface area contributed by atoms with Gasteiger partial charge in [-0.2, -0.15) is 5.26 Å². The van der Waals surface area contributed by atoms with Gasteiger partial charge in [-0.15, -0.1) is 0 Å². The van der Waals surface area contributed by atoms with Crippen LogP contribution >= 0.6 is 0 Å². The molecule has 0 saturated heterocycles. The normalized spacial score (nSPS) is 9.65. The van der Waals surface area contributed by atoms with E-state index in [2.05, 4.69) is 9.97 Å². The Bertz CT molecular complexity index is 580. The third-order valence-corrected chi connectivity index (χ3v) is 2.34. The van der Waals surface area contributed by atoms with Gasteiger partial charge in [-0.3, -0.25) is 9.78 Å². The van der Waals surface area contributed by atoms with Gasteiger partial charge in [-0.1, -0.05) is 6.07 Å². The van der Waals surface area contributed by atoms with Crippen LogP contribution in [-0.4, -0.2) is 15.8 Å². The molecule has 0 aliphatic rings. The molecule has 4 heteroatoms. The zero-order chi connectivity index (χ0) is 12.3. The minimum atomic E-state index is -0.0606. The number of ketones is 1. The van der Waals surface area contributed by atoms with E-state index in [0.29, 0.717) is 11.4 Å². The van der Waals surface area contributed by atoms with Gasteiger partial charge >= 0.3 is 0 Å². The van der Waals surface area contributed by atoms with Gasteiger partial charge in [-0.05, 0) is 18.2 Å². The third kappa shape index (κ3) is 2.34. The molecule has 4 nitrogen and oxygen atoms in total. The minimum Gasteiger partial charge on any atom is -0.293 e. The molecule has 0 radical (unpaired) electrons. The van der Waals surface area contributed by atoms with Crippen molar-refractivity contribution in [1.82, 2.24) is 9.97 Å². The molecule has 0 unspecified atom stereocenters. The van der Waals surface area contributed by atoms with Crippen LogP contribution < -0.4 is 0 Å². The second-order valence-electron chi connectivity index (χ2n) is 3.53. The molecular formula is C13H9N3O. The minimum absolute atomic E-state index is 0.0606. The summed E-state index contributed by atoms with van der Waals surface area (Å²) in [6.45, 7) is 1.48. The number of hydrogen-bond acceptors (Lipinski definition) is 4. The lowest BCUT2D eigenvalue weighted by atomic mass is 10.1. The molecule has 0 bridgehead atoms. The predicted molar refractivity (Wildman–Crippen MR) is 62.2 cm³/mol. The number of nitriles is 1. The van der Waals surface area contributed by atoms with E-state index >= 15 is 0 Å². The molecule has 0 fully saturated rings. The van der Waals surface area contributed by atoms with Crippen molar-refractivity contribution in [3.05, 3.63) is 48.0 Å². The van der Waals surface area contributed by atoms with Crippen molar-refractivity contribution in [3.8, 4) is 17.2 Å². The van der Waals surface area contributed by atoms with Gasteiger partial charge in [0, 0.05) is 30.4 Å². The van der Waals surface area contributed by atoms with Crippen molar-refractivity contribution in [2.24, 2.45) is 0 Å². The van der Waals surface area contributed by atoms with Gasteiger partial charge in [0.25, 0.3) is 0 Å². The molecule has 17 heavy (non-hydrogen) atoms. The van der Waals surface area contributed by atoms with Crippen LogP contribution in [0.15, 0.2) is 36.7 Å². The quantitative estimate of drug-likeness (QED) is 0.732. The molecule has 2 rings (SSSR count). The maximum Gasteiger partial charge on any atom is 0.178 e. The first-order valence-corrected chi connectivity index (χ1v) is 5.04. The molecule has 0 N–H and O–H groups in total. The highest BCUT2D eigenvalue weighted by atomic mass is 16.1. The molecular weight excluding hydrogens is 214 g/mol. The summed E-state index contributed by atoms with van der Waals surface area (Å²) >= 11 is 0. The van der Waals surface area contributed by atoms with Gasteiger partial charge in [0.15, 0.2) is 5.78 Å². The number of carbonyl (C=O) groups is 1. The zero-order valence-electron chi connectivity index (χ0n) is 9.21. The first kappa shape index (κ1) is 11.0. The average Bonchev–Trinajstić information content (AvgIpc) is 2.39. The molecule has 0 amide bonds. The fourth-order valence-electron chi connectivity index (χ4n) is 1.40. The number of Topliss-reactive ketones (excluding diaryl/α,β-unsaturated/α-hetero) is 1. The lowest BCUT2D eigenvalue weighted by Gasteiger charge is -2.01. The lowest BCUT2D eigenvalue weighted by Crippen LogP contribution is -1.95. The lowest BCUT2D eigenvalue weighted by molar-refractivity contribution is 0.101.